The maximum atomic E-state index is 12.4. The molecule has 0 aliphatic carbocycles. The van der Waals surface area contributed by atoms with Crippen LogP contribution in [0.2, 0.25) is 0 Å². The van der Waals surface area contributed by atoms with Gasteiger partial charge < -0.3 is 19.3 Å². The Morgan fingerprint density at radius 2 is 0.960 bits per heavy atom. The van der Waals surface area contributed by atoms with E-state index in [1.807, 2.05) is 0 Å². The largest absolute Gasteiger partial charge is 0.469 e. The van der Waals surface area contributed by atoms with Crippen LogP contribution in [0.1, 0.15) is 194 Å². The van der Waals surface area contributed by atoms with Crippen molar-refractivity contribution in [2.45, 2.75) is 200 Å². The summed E-state index contributed by atoms with van der Waals surface area (Å²) < 4.78 is 26.3. The minimum atomic E-state index is -4.75. The van der Waals surface area contributed by atoms with Gasteiger partial charge in [0.15, 0.2) is 6.10 Å². The Hall–Kier alpha value is -1.73. The van der Waals surface area contributed by atoms with E-state index >= 15 is 0 Å². The van der Waals surface area contributed by atoms with Crippen molar-refractivity contribution >= 4 is 19.8 Å². The number of hydrogen-bond acceptors (Lipinski definition) is 6. The van der Waals surface area contributed by atoms with Crippen LogP contribution < -0.4 is 0 Å². The third-order valence-electron chi connectivity index (χ3n) is 8.67. The number of ether oxygens (including phenoxy) is 2. The molecule has 0 saturated heterocycles. The number of phosphoric acid groups is 1. The Kier molecular flexibility index (Phi) is 35.8. The average molecular weight is 727 g/mol. The van der Waals surface area contributed by atoms with Crippen molar-refractivity contribution in [2.75, 3.05) is 13.2 Å². The van der Waals surface area contributed by atoms with Crippen LogP contribution in [0, 0.1) is 0 Å². The SMILES string of the molecule is CC/C=C\C/C=C\C/C=C\CCCCCCCC(=O)O[C@H](COC(=O)CCCCCCCCCCCCCCCCCCC)COP(=O)(O)O. The predicted molar refractivity (Wildman–Crippen MR) is 207 cm³/mol. The van der Waals surface area contributed by atoms with Crippen molar-refractivity contribution < 1.29 is 37.9 Å². The maximum Gasteiger partial charge on any atom is 0.469 e. The highest BCUT2D eigenvalue weighted by Gasteiger charge is 2.22. The summed E-state index contributed by atoms with van der Waals surface area (Å²) >= 11 is 0. The molecule has 8 nitrogen and oxygen atoms in total. The van der Waals surface area contributed by atoms with E-state index in [1.54, 1.807) is 0 Å². The van der Waals surface area contributed by atoms with Crippen molar-refractivity contribution in [3.8, 4) is 0 Å². The number of phosphoric ester groups is 1. The zero-order valence-electron chi connectivity index (χ0n) is 32.0. The molecule has 0 fully saturated rings. The highest BCUT2D eigenvalue weighted by Crippen LogP contribution is 2.36. The first-order chi connectivity index (χ1) is 24.3. The maximum absolute atomic E-state index is 12.4. The van der Waals surface area contributed by atoms with E-state index in [4.69, 9.17) is 19.3 Å². The number of allylic oxidation sites excluding steroid dienone is 6. The fraction of sp³-hybridized carbons (Fsp3) is 0.805. The minimum Gasteiger partial charge on any atom is -0.462 e. The molecule has 0 saturated carbocycles. The Morgan fingerprint density at radius 1 is 0.540 bits per heavy atom. The molecule has 0 rings (SSSR count). The molecular weight excluding hydrogens is 651 g/mol. The first-order valence-corrected chi connectivity index (χ1v) is 21.8. The first-order valence-electron chi connectivity index (χ1n) is 20.3. The molecule has 0 aromatic rings. The highest BCUT2D eigenvalue weighted by molar-refractivity contribution is 7.46. The zero-order valence-corrected chi connectivity index (χ0v) is 32.9. The number of carbonyl (C=O) groups is 2. The van der Waals surface area contributed by atoms with E-state index in [0.29, 0.717) is 6.42 Å². The van der Waals surface area contributed by atoms with Gasteiger partial charge in [0.05, 0.1) is 6.61 Å². The molecular formula is C41H75O8P. The zero-order chi connectivity index (χ0) is 36.8. The molecule has 0 radical (unpaired) electrons. The summed E-state index contributed by atoms with van der Waals surface area (Å²) in [5.74, 6) is -0.899. The smallest absolute Gasteiger partial charge is 0.462 e. The quantitative estimate of drug-likeness (QED) is 0.0281. The number of unbranched alkanes of at least 4 members (excludes halogenated alkanes) is 21. The van der Waals surface area contributed by atoms with E-state index in [2.05, 4.69) is 54.8 Å². The lowest BCUT2D eigenvalue weighted by Gasteiger charge is -2.18. The molecule has 0 amide bonds. The topological polar surface area (TPSA) is 119 Å². The van der Waals surface area contributed by atoms with E-state index in [9.17, 15) is 14.2 Å². The minimum absolute atomic E-state index is 0.194. The van der Waals surface area contributed by atoms with Gasteiger partial charge in [-0.15, -0.1) is 0 Å². The van der Waals surface area contributed by atoms with Gasteiger partial charge in [-0.05, 0) is 44.9 Å². The Balaban J connectivity index is 3.93. The van der Waals surface area contributed by atoms with Crippen molar-refractivity contribution in [1.29, 1.82) is 0 Å². The van der Waals surface area contributed by atoms with Crippen LogP contribution in [0.3, 0.4) is 0 Å². The summed E-state index contributed by atoms with van der Waals surface area (Å²) in [5, 5.41) is 0. The molecule has 9 heteroatoms. The van der Waals surface area contributed by atoms with Gasteiger partial charge in [0.1, 0.15) is 6.61 Å². The summed E-state index contributed by atoms with van der Waals surface area (Å²) in [6.45, 7) is 3.57. The fourth-order valence-corrected chi connectivity index (χ4v) is 6.04. The van der Waals surface area contributed by atoms with Crippen LogP contribution in [-0.2, 0) is 28.2 Å². The second-order valence-electron chi connectivity index (χ2n) is 13.6. The van der Waals surface area contributed by atoms with Gasteiger partial charge in [0, 0.05) is 12.8 Å². The summed E-state index contributed by atoms with van der Waals surface area (Å²) in [4.78, 5) is 42.8. The lowest BCUT2D eigenvalue weighted by molar-refractivity contribution is -0.161. The van der Waals surface area contributed by atoms with Gasteiger partial charge in [-0.1, -0.05) is 172 Å². The van der Waals surface area contributed by atoms with Crippen LogP contribution in [0.5, 0.6) is 0 Å². The number of esters is 2. The Labute approximate surface area is 306 Å². The summed E-state index contributed by atoms with van der Waals surface area (Å²) in [6.07, 6.45) is 42.9. The lowest BCUT2D eigenvalue weighted by Crippen LogP contribution is -2.29. The average Bonchev–Trinajstić information content (AvgIpc) is 3.08. The lowest BCUT2D eigenvalue weighted by atomic mass is 10.0. The van der Waals surface area contributed by atoms with Gasteiger partial charge in [0.2, 0.25) is 0 Å². The van der Waals surface area contributed by atoms with Gasteiger partial charge in [-0.25, -0.2) is 4.57 Å². The Bertz CT molecular complexity index is 910. The molecule has 0 heterocycles. The fourth-order valence-electron chi connectivity index (χ4n) is 5.68. The van der Waals surface area contributed by atoms with Crippen LogP contribution in [0.25, 0.3) is 0 Å². The number of carbonyl (C=O) groups excluding carboxylic acids is 2. The van der Waals surface area contributed by atoms with Crippen LogP contribution in [0.15, 0.2) is 36.5 Å². The molecule has 0 spiro atoms. The molecule has 1 atom stereocenters. The van der Waals surface area contributed by atoms with Crippen molar-refractivity contribution in [3.63, 3.8) is 0 Å². The van der Waals surface area contributed by atoms with E-state index in [-0.39, 0.29) is 19.4 Å². The van der Waals surface area contributed by atoms with Gasteiger partial charge >= 0.3 is 19.8 Å². The predicted octanol–water partition coefficient (Wildman–Crippen LogP) is 12.2. The second kappa shape index (κ2) is 37.0. The van der Waals surface area contributed by atoms with Crippen LogP contribution >= 0.6 is 7.82 Å². The molecule has 2 N–H and O–H groups in total. The molecule has 0 aromatic carbocycles. The van der Waals surface area contributed by atoms with Crippen molar-refractivity contribution in [2.24, 2.45) is 0 Å². The van der Waals surface area contributed by atoms with Gasteiger partial charge in [-0.2, -0.15) is 0 Å². The van der Waals surface area contributed by atoms with Crippen LogP contribution in [-0.4, -0.2) is 41.0 Å². The van der Waals surface area contributed by atoms with Crippen LogP contribution in [0.4, 0.5) is 0 Å². The molecule has 0 aliphatic heterocycles. The molecule has 0 unspecified atom stereocenters. The molecule has 0 aliphatic rings. The van der Waals surface area contributed by atoms with Crippen molar-refractivity contribution in [1.82, 2.24) is 0 Å². The molecule has 0 bridgehead atoms. The van der Waals surface area contributed by atoms with Gasteiger partial charge in [-0.3, -0.25) is 14.1 Å². The number of rotatable bonds is 37. The summed E-state index contributed by atoms with van der Waals surface area (Å²) in [5.41, 5.74) is 0. The summed E-state index contributed by atoms with van der Waals surface area (Å²) in [6, 6.07) is 0. The monoisotopic (exact) mass is 727 g/mol. The Morgan fingerprint density at radius 3 is 1.44 bits per heavy atom. The summed E-state index contributed by atoms with van der Waals surface area (Å²) in [7, 11) is -4.75. The standard InChI is InChI=1S/C41H75O8P/c1-3-5-7-9-11-13-15-17-19-20-22-23-25-27-29-31-33-35-40(42)47-37-39(38-48-50(44,45)46)49-41(43)36-34-32-30-28-26-24-21-18-16-14-12-10-8-6-4-2/h6,8,12,14,18,21,39H,3-5,7,9-11,13,15-17,19-20,22-38H2,1-2H3,(H2,44,45,46)/b8-6-,14-12-,21-18-/t39-/m1/s1. The third-order valence-corrected chi connectivity index (χ3v) is 9.16. The van der Waals surface area contributed by atoms with E-state index in [0.717, 1.165) is 70.6 Å². The highest BCUT2D eigenvalue weighted by atomic mass is 31.2. The van der Waals surface area contributed by atoms with Gasteiger partial charge in [0.25, 0.3) is 0 Å². The normalized spacial score (nSPS) is 12.8. The molecule has 0 aromatic heterocycles. The first kappa shape index (κ1) is 48.3. The number of hydrogen-bond donors (Lipinski definition) is 2. The van der Waals surface area contributed by atoms with E-state index in [1.165, 1.54) is 89.9 Å². The third kappa shape index (κ3) is 39.1. The van der Waals surface area contributed by atoms with Crippen molar-refractivity contribution in [3.05, 3.63) is 36.5 Å². The van der Waals surface area contributed by atoms with E-state index < -0.39 is 32.5 Å². The molecule has 50 heavy (non-hydrogen) atoms. The molecule has 292 valence electrons. The second-order valence-corrected chi connectivity index (χ2v) is 14.8.